The number of fused-ring (bicyclic) bond motifs is 3. The number of aromatic nitrogens is 5. The van der Waals surface area contributed by atoms with Crippen LogP contribution in [0.25, 0.3) is 28.2 Å². The van der Waals surface area contributed by atoms with Crippen LogP contribution in [0, 0.1) is 0 Å². The fraction of sp³-hybridized carbons (Fsp3) is 0.167. The molecule has 25 heavy (non-hydrogen) atoms. The summed E-state index contributed by atoms with van der Waals surface area (Å²) >= 11 is 0. The van der Waals surface area contributed by atoms with Gasteiger partial charge in [-0.2, -0.15) is 4.98 Å². The number of rotatable bonds is 3. The zero-order valence-corrected chi connectivity index (χ0v) is 14.0. The molecule has 4 aromatic rings. The first-order valence-electron chi connectivity index (χ1n) is 7.88. The third-order valence-electron chi connectivity index (χ3n) is 4.44. The van der Waals surface area contributed by atoms with Gasteiger partial charge in [0.1, 0.15) is 0 Å². The number of nitrogens with zero attached hydrogens (tertiary/aromatic N) is 5. The first-order chi connectivity index (χ1) is 12.0. The molecule has 7 heteroatoms. The van der Waals surface area contributed by atoms with E-state index in [1.807, 2.05) is 41.1 Å². The summed E-state index contributed by atoms with van der Waals surface area (Å²) in [5.41, 5.74) is 1.96. The van der Waals surface area contributed by atoms with Crippen molar-refractivity contribution in [1.29, 1.82) is 0 Å². The summed E-state index contributed by atoms with van der Waals surface area (Å²) < 4.78 is 6.23. The van der Waals surface area contributed by atoms with Crippen molar-refractivity contribution in [3.8, 4) is 11.3 Å². The molecule has 0 aliphatic carbocycles. The summed E-state index contributed by atoms with van der Waals surface area (Å²) in [6, 6.07) is 9.89. The molecular formula is C18H17N5O2. The van der Waals surface area contributed by atoms with Gasteiger partial charge < -0.3 is 4.57 Å². The number of aryl methyl sites for hydroxylation is 1. The predicted molar refractivity (Wildman–Crippen MR) is 96.8 cm³/mol. The van der Waals surface area contributed by atoms with Gasteiger partial charge in [-0.15, -0.1) is 6.58 Å². The van der Waals surface area contributed by atoms with E-state index in [2.05, 4.69) is 11.6 Å². The van der Waals surface area contributed by atoms with E-state index in [0.29, 0.717) is 23.5 Å². The number of allylic oxidation sites excluding steroid dienone is 1. The highest BCUT2D eigenvalue weighted by atomic mass is 16.2. The molecular weight excluding hydrogens is 318 g/mol. The zero-order chi connectivity index (χ0) is 17.7. The highest BCUT2D eigenvalue weighted by molar-refractivity contribution is 5.78. The molecule has 0 atom stereocenters. The second-order valence-corrected chi connectivity index (χ2v) is 5.94. The predicted octanol–water partition coefficient (Wildman–Crippen LogP) is 1.54. The lowest BCUT2D eigenvalue weighted by Gasteiger charge is -2.06. The number of hydrogen-bond acceptors (Lipinski definition) is 3. The average Bonchev–Trinajstić information content (AvgIpc) is 3.16. The Labute approximate surface area is 142 Å². The van der Waals surface area contributed by atoms with Gasteiger partial charge in [-0.3, -0.25) is 18.3 Å². The van der Waals surface area contributed by atoms with Crippen LogP contribution in [-0.4, -0.2) is 23.1 Å². The van der Waals surface area contributed by atoms with E-state index < -0.39 is 5.69 Å². The van der Waals surface area contributed by atoms with E-state index in [4.69, 9.17) is 0 Å². The Morgan fingerprint density at radius 1 is 1.12 bits per heavy atom. The van der Waals surface area contributed by atoms with Gasteiger partial charge in [0.2, 0.25) is 5.78 Å². The van der Waals surface area contributed by atoms with Crippen molar-refractivity contribution >= 4 is 16.9 Å². The molecule has 0 aliphatic rings. The molecule has 0 saturated heterocycles. The highest BCUT2D eigenvalue weighted by Gasteiger charge is 2.20. The molecule has 0 fully saturated rings. The first-order valence-corrected chi connectivity index (χ1v) is 7.88. The fourth-order valence-corrected chi connectivity index (χ4v) is 3.16. The van der Waals surface area contributed by atoms with E-state index in [1.165, 1.54) is 11.6 Å². The lowest BCUT2D eigenvalue weighted by Crippen LogP contribution is -2.37. The van der Waals surface area contributed by atoms with Gasteiger partial charge >= 0.3 is 5.69 Å². The van der Waals surface area contributed by atoms with Crippen molar-refractivity contribution < 1.29 is 0 Å². The normalized spacial score (nSPS) is 11.4. The van der Waals surface area contributed by atoms with Crippen LogP contribution in [-0.2, 0) is 20.6 Å². The summed E-state index contributed by atoms with van der Waals surface area (Å²) in [5.74, 6) is 0.604. The minimum absolute atomic E-state index is 0.360. The van der Waals surface area contributed by atoms with Crippen LogP contribution in [0.15, 0.2) is 58.8 Å². The van der Waals surface area contributed by atoms with Crippen molar-refractivity contribution in [2.75, 3.05) is 0 Å². The lowest BCUT2D eigenvalue weighted by atomic mass is 10.2. The molecule has 3 heterocycles. The molecule has 3 aromatic heterocycles. The van der Waals surface area contributed by atoms with Gasteiger partial charge in [0, 0.05) is 26.8 Å². The lowest BCUT2D eigenvalue weighted by molar-refractivity contribution is 0.707. The molecule has 0 aliphatic heterocycles. The summed E-state index contributed by atoms with van der Waals surface area (Å²) in [6.45, 7) is 4.36. The Hall–Kier alpha value is -3.35. The highest BCUT2D eigenvalue weighted by Crippen LogP contribution is 2.25. The third kappa shape index (κ3) is 2.02. The summed E-state index contributed by atoms with van der Waals surface area (Å²) in [4.78, 5) is 29.4. The van der Waals surface area contributed by atoms with Crippen molar-refractivity contribution in [2.45, 2.75) is 6.54 Å². The zero-order valence-electron chi connectivity index (χ0n) is 14.0. The van der Waals surface area contributed by atoms with Crippen LogP contribution in [0.5, 0.6) is 0 Å². The maximum atomic E-state index is 12.7. The Bertz CT molecular complexity index is 1240. The van der Waals surface area contributed by atoms with Gasteiger partial charge in [-0.05, 0) is 5.56 Å². The van der Waals surface area contributed by atoms with Crippen LogP contribution < -0.4 is 11.2 Å². The standard InChI is InChI=1S/C18H17N5O2/c1-4-10-22-13(12-8-6-5-7-9-12)11-23-14-15(19-17(22)23)20(2)18(25)21(3)16(14)24/h4-9,11H,1,10H2,2-3H3. The van der Waals surface area contributed by atoms with Gasteiger partial charge in [0.05, 0.1) is 5.69 Å². The molecule has 7 nitrogen and oxygen atoms in total. The van der Waals surface area contributed by atoms with Crippen LogP contribution >= 0.6 is 0 Å². The minimum Gasteiger partial charge on any atom is -0.306 e. The summed E-state index contributed by atoms with van der Waals surface area (Å²) in [5, 5.41) is 0. The van der Waals surface area contributed by atoms with Gasteiger partial charge in [-0.25, -0.2) is 4.79 Å². The van der Waals surface area contributed by atoms with E-state index in [-0.39, 0.29) is 5.56 Å². The van der Waals surface area contributed by atoms with Crippen LogP contribution in [0.4, 0.5) is 0 Å². The minimum atomic E-state index is -0.392. The Balaban J connectivity index is 2.19. The smallest absolute Gasteiger partial charge is 0.306 e. The molecule has 126 valence electrons. The van der Waals surface area contributed by atoms with Crippen molar-refractivity contribution in [1.82, 2.24) is 23.1 Å². The Kier molecular flexibility index (Phi) is 3.24. The van der Waals surface area contributed by atoms with Crippen molar-refractivity contribution in [2.24, 2.45) is 14.1 Å². The van der Waals surface area contributed by atoms with E-state index in [1.54, 1.807) is 17.5 Å². The number of imidazole rings is 2. The van der Waals surface area contributed by atoms with Crippen molar-refractivity contribution in [3.05, 3.63) is 70.0 Å². The van der Waals surface area contributed by atoms with Crippen LogP contribution in [0.1, 0.15) is 0 Å². The second kappa shape index (κ2) is 5.34. The van der Waals surface area contributed by atoms with E-state index in [9.17, 15) is 9.59 Å². The Morgan fingerprint density at radius 2 is 1.84 bits per heavy atom. The summed E-state index contributed by atoms with van der Waals surface area (Å²) in [6.07, 6.45) is 3.66. The molecule has 0 unspecified atom stereocenters. The average molecular weight is 335 g/mol. The molecule has 0 amide bonds. The molecule has 0 N–H and O–H groups in total. The maximum Gasteiger partial charge on any atom is 0.332 e. The quantitative estimate of drug-likeness (QED) is 0.534. The first kappa shape index (κ1) is 15.2. The van der Waals surface area contributed by atoms with Gasteiger partial charge in [-0.1, -0.05) is 36.4 Å². The molecule has 1 aromatic carbocycles. The molecule has 4 rings (SSSR count). The second-order valence-electron chi connectivity index (χ2n) is 5.94. The van der Waals surface area contributed by atoms with E-state index in [0.717, 1.165) is 15.8 Å². The van der Waals surface area contributed by atoms with E-state index >= 15 is 0 Å². The van der Waals surface area contributed by atoms with Crippen LogP contribution in [0.2, 0.25) is 0 Å². The number of hydrogen-bond donors (Lipinski definition) is 0. The topological polar surface area (TPSA) is 66.2 Å². The maximum absolute atomic E-state index is 12.7. The summed E-state index contributed by atoms with van der Waals surface area (Å²) in [7, 11) is 3.09. The molecule has 0 radical (unpaired) electrons. The third-order valence-corrected chi connectivity index (χ3v) is 4.44. The monoisotopic (exact) mass is 335 g/mol. The Morgan fingerprint density at radius 3 is 2.52 bits per heavy atom. The SMILES string of the molecule is C=CCn1c(-c2ccccc2)cn2c3c(=O)n(C)c(=O)n(C)c3nc12. The van der Waals surface area contributed by atoms with Gasteiger partial charge in [0.25, 0.3) is 5.56 Å². The largest absolute Gasteiger partial charge is 0.332 e. The molecule has 0 spiro atoms. The van der Waals surface area contributed by atoms with Gasteiger partial charge in [0.15, 0.2) is 11.2 Å². The van der Waals surface area contributed by atoms with Crippen LogP contribution in [0.3, 0.4) is 0 Å². The molecule has 0 bridgehead atoms. The molecule has 0 saturated carbocycles. The number of benzene rings is 1. The fourth-order valence-electron chi connectivity index (χ4n) is 3.16. The van der Waals surface area contributed by atoms with Crippen molar-refractivity contribution in [3.63, 3.8) is 0 Å².